The Morgan fingerprint density at radius 2 is 1.66 bits per heavy atom. The highest BCUT2D eigenvalue weighted by molar-refractivity contribution is 6.06. The average molecular weight is 529 g/mol. The number of nitrogens with zero attached hydrogens (tertiary/aromatic N) is 4. The van der Waals surface area contributed by atoms with Crippen LogP contribution in [-0.2, 0) is 19.8 Å². The van der Waals surface area contributed by atoms with Gasteiger partial charge in [0.25, 0.3) is 11.8 Å². The number of likely N-dealkylation sites (N-methyl/N-ethyl adjacent to an activating group) is 1. The highest BCUT2D eigenvalue weighted by atomic mass is 19.4. The van der Waals surface area contributed by atoms with Crippen molar-refractivity contribution >= 4 is 23.2 Å². The molecule has 1 saturated heterocycles. The number of anilines is 2. The number of halogens is 3. The van der Waals surface area contributed by atoms with Crippen LogP contribution in [0.5, 0.6) is 0 Å². The number of hydrogen-bond acceptors (Lipinski definition) is 5. The van der Waals surface area contributed by atoms with Crippen LogP contribution in [-0.4, -0.2) is 64.1 Å². The topological polar surface area (TPSA) is 82.5 Å². The van der Waals surface area contributed by atoms with Crippen LogP contribution >= 0.6 is 0 Å². The lowest BCUT2D eigenvalue weighted by molar-refractivity contribution is -0.138. The highest BCUT2D eigenvalue weighted by Gasteiger charge is 2.34. The summed E-state index contributed by atoms with van der Waals surface area (Å²) in [5.74, 6) is -1.09. The second kappa shape index (κ2) is 11.4. The van der Waals surface area contributed by atoms with Crippen molar-refractivity contribution in [3.8, 4) is 0 Å². The molecule has 8 nitrogen and oxygen atoms in total. The van der Waals surface area contributed by atoms with E-state index in [1.807, 2.05) is 4.90 Å². The first kappa shape index (κ1) is 27.3. The predicted molar refractivity (Wildman–Crippen MR) is 139 cm³/mol. The lowest BCUT2D eigenvalue weighted by atomic mass is 10.0. The molecule has 1 fully saturated rings. The molecule has 2 amide bonds. The number of benzene rings is 2. The summed E-state index contributed by atoms with van der Waals surface area (Å²) in [4.78, 5) is 29.7. The zero-order valence-corrected chi connectivity index (χ0v) is 21.6. The zero-order chi connectivity index (χ0) is 27.4. The Morgan fingerprint density at radius 3 is 2.29 bits per heavy atom. The van der Waals surface area contributed by atoms with Crippen molar-refractivity contribution in [3.63, 3.8) is 0 Å². The van der Waals surface area contributed by atoms with Gasteiger partial charge in [0.15, 0.2) is 5.69 Å². The molecule has 0 spiro atoms. The SMILES string of the molecule is CCN1CCN(Cc2ccc(C(=O)Nc3ccc(C)c(NC(=O)c4ccn(C)n4)c3)cc2C(F)(F)F)CC1. The molecule has 1 aliphatic heterocycles. The van der Waals surface area contributed by atoms with Crippen LogP contribution in [0.3, 0.4) is 0 Å². The molecule has 38 heavy (non-hydrogen) atoms. The molecule has 2 aromatic carbocycles. The Kier molecular flexibility index (Phi) is 8.17. The van der Waals surface area contributed by atoms with E-state index in [-0.39, 0.29) is 23.4 Å². The Labute approximate surface area is 219 Å². The first-order valence-electron chi connectivity index (χ1n) is 12.4. The van der Waals surface area contributed by atoms with E-state index in [9.17, 15) is 22.8 Å². The predicted octanol–water partition coefficient (Wildman–Crippen LogP) is 4.39. The van der Waals surface area contributed by atoms with Gasteiger partial charge in [0.2, 0.25) is 0 Å². The second-order valence-corrected chi connectivity index (χ2v) is 9.39. The fraction of sp³-hybridized carbons (Fsp3) is 0.370. The van der Waals surface area contributed by atoms with Crippen molar-refractivity contribution in [3.05, 3.63) is 76.6 Å². The summed E-state index contributed by atoms with van der Waals surface area (Å²) in [5, 5.41) is 9.46. The lowest BCUT2D eigenvalue weighted by Crippen LogP contribution is -2.45. The average Bonchev–Trinajstić information content (AvgIpc) is 3.32. The van der Waals surface area contributed by atoms with Crippen molar-refractivity contribution < 1.29 is 22.8 Å². The van der Waals surface area contributed by atoms with Gasteiger partial charge in [-0.15, -0.1) is 0 Å². The third-order valence-corrected chi connectivity index (χ3v) is 6.67. The molecule has 0 atom stereocenters. The molecule has 4 rings (SSSR count). The standard InChI is InChI=1S/C27H31F3N6O2/c1-4-35-11-13-36(14-12-35)17-20-7-6-19(15-22(20)27(28,29)30)25(37)31-21-8-5-18(2)24(16-21)32-26(38)23-9-10-34(3)33-23/h5-10,15-16H,4,11-14,17H2,1-3H3,(H,31,37)(H,32,38). The first-order chi connectivity index (χ1) is 18.0. The van der Waals surface area contributed by atoms with E-state index in [4.69, 9.17) is 0 Å². The first-order valence-corrected chi connectivity index (χ1v) is 12.4. The molecule has 2 N–H and O–H groups in total. The number of carbonyl (C=O) groups is 2. The molecule has 0 aliphatic carbocycles. The van der Waals surface area contributed by atoms with E-state index in [1.165, 1.54) is 16.8 Å². The van der Waals surface area contributed by atoms with E-state index in [1.54, 1.807) is 44.4 Å². The maximum atomic E-state index is 13.9. The van der Waals surface area contributed by atoms with Crippen LogP contribution in [0, 0.1) is 6.92 Å². The second-order valence-electron chi connectivity index (χ2n) is 9.39. The minimum Gasteiger partial charge on any atom is -0.322 e. The quantitative estimate of drug-likeness (QED) is 0.476. The molecule has 0 saturated carbocycles. The summed E-state index contributed by atoms with van der Waals surface area (Å²) in [5.41, 5.74) is 1.00. The lowest BCUT2D eigenvalue weighted by Gasteiger charge is -2.34. The van der Waals surface area contributed by atoms with Gasteiger partial charge in [-0.25, -0.2) is 0 Å². The maximum Gasteiger partial charge on any atom is 0.416 e. The number of alkyl halides is 3. The van der Waals surface area contributed by atoms with Crippen molar-refractivity contribution in [2.24, 2.45) is 7.05 Å². The Balaban J connectivity index is 1.49. The fourth-order valence-electron chi connectivity index (χ4n) is 4.38. The molecular formula is C27H31F3N6O2. The van der Waals surface area contributed by atoms with E-state index >= 15 is 0 Å². The number of rotatable bonds is 7. The number of hydrogen-bond donors (Lipinski definition) is 2. The van der Waals surface area contributed by atoms with Crippen LogP contribution in [0.25, 0.3) is 0 Å². The van der Waals surface area contributed by atoms with Gasteiger partial charge in [0, 0.05) is 62.9 Å². The number of piperazine rings is 1. The maximum absolute atomic E-state index is 13.9. The number of aromatic nitrogens is 2. The number of aryl methyl sites for hydroxylation is 2. The normalized spacial score (nSPS) is 14.9. The number of amides is 2. The van der Waals surface area contributed by atoms with Crippen molar-refractivity contribution in [1.82, 2.24) is 19.6 Å². The smallest absolute Gasteiger partial charge is 0.322 e. The Bertz CT molecular complexity index is 1310. The van der Waals surface area contributed by atoms with E-state index < -0.39 is 23.6 Å². The summed E-state index contributed by atoms with van der Waals surface area (Å²) >= 11 is 0. The molecule has 11 heteroatoms. The fourth-order valence-corrected chi connectivity index (χ4v) is 4.38. The summed E-state index contributed by atoms with van der Waals surface area (Å²) in [7, 11) is 1.70. The van der Waals surface area contributed by atoms with Gasteiger partial charge in [-0.05, 0) is 54.9 Å². The van der Waals surface area contributed by atoms with E-state index in [0.29, 0.717) is 24.5 Å². The summed E-state index contributed by atoms with van der Waals surface area (Å²) in [6.45, 7) is 7.97. The molecule has 0 unspecified atom stereocenters. The minimum atomic E-state index is -4.59. The van der Waals surface area contributed by atoms with Crippen molar-refractivity contribution in [2.75, 3.05) is 43.4 Å². The van der Waals surface area contributed by atoms with Crippen LogP contribution in [0.1, 0.15) is 44.5 Å². The summed E-state index contributed by atoms with van der Waals surface area (Å²) in [6.07, 6.45) is -2.95. The third kappa shape index (κ3) is 6.59. The van der Waals surface area contributed by atoms with Gasteiger partial charge in [-0.2, -0.15) is 18.3 Å². The number of nitrogens with one attached hydrogen (secondary N) is 2. The van der Waals surface area contributed by atoms with Crippen molar-refractivity contribution in [1.29, 1.82) is 0 Å². The molecule has 1 aliphatic rings. The van der Waals surface area contributed by atoms with Crippen LogP contribution in [0.4, 0.5) is 24.5 Å². The summed E-state index contributed by atoms with van der Waals surface area (Å²) in [6, 6.07) is 10.2. The van der Waals surface area contributed by atoms with Gasteiger partial charge in [0.05, 0.1) is 5.56 Å². The molecule has 0 bridgehead atoms. The Morgan fingerprint density at radius 1 is 0.947 bits per heavy atom. The van der Waals surface area contributed by atoms with E-state index in [0.717, 1.165) is 31.3 Å². The van der Waals surface area contributed by atoms with Gasteiger partial charge in [0.1, 0.15) is 0 Å². The van der Waals surface area contributed by atoms with Gasteiger partial charge < -0.3 is 15.5 Å². The van der Waals surface area contributed by atoms with Crippen LogP contribution < -0.4 is 10.6 Å². The minimum absolute atomic E-state index is 0.100. The highest BCUT2D eigenvalue weighted by Crippen LogP contribution is 2.34. The largest absolute Gasteiger partial charge is 0.416 e. The molecule has 2 heterocycles. The van der Waals surface area contributed by atoms with Crippen LogP contribution in [0.15, 0.2) is 48.7 Å². The Hall–Kier alpha value is -3.70. The molecule has 0 radical (unpaired) electrons. The summed E-state index contributed by atoms with van der Waals surface area (Å²) < 4.78 is 43.3. The molecular weight excluding hydrogens is 497 g/mol. The van der Waals surface area contributed by atoms with Gasteiger partial charge >= 0.3 is 6.18 Å². The molecule has 3 aromatic rings. The third-order valence-electron chi connectivity index (χ3n) is 6.67. The molecule has 202 valence electrons. The number of carbonyl (C=O) groups excluding carboxylic acids is 2. The zero-order valence-electron chi connectivity index (χ0n) is 21.6. The van der Waals surface area contributed by atoms with E-state index in [2.05, 4.69) is 27.6 Å². The monoisotopic (exact) mass is 528 g/mol. The van der Waals surface area contributed by atoms with Gasteiger partial charge in [-0.1, -0.05) is 19.1 Å². The molecule has 1 aromatic heterocycles. The van der Waals surface area contributed by atoms with Crippen molar-refractivity contribution in [2.45, 2.75) is 26.6 Å². The van der Waals surface area contributed by atoms with Crippen LogP contribution in [0.2, 0.25) is 0 Å². The van der Waals surface area contributed by atoms with Gasteiger partial charge in [-0.3, -0.25) is 19.2 Å².